The number of fused-ring (bicyclic) bond motifs is 1. The van der Waals surface area contributed by atoms with Crippen LogP contribution in [-0.2, 0) is 9.53 Å². The van der Waals surface area contributed by atoms with E-state index in [2.05, 4.69) is 20.6 Å². The van der Waals surface area contributed by atoms with E-state index in [4.69, 9.17) is 10.5 Å². The van der Waals surface area contributed by atoms with Crippen molar-refractivity contribution in [1.82, 2.24) is 9.97 Å². The van der Waals surface area contributed by atoms with Gasteiger partial charge in [-0.1, -0.05) is 0 Å². The Morgan fingerprint density at radius 2 is 2.07 bits per heavy atom. The molecule has 1 aliphatic rings. The third-order valence-electron chi connectivity index (χ3n) is 3.95. The van der Waals surface area contributed by atoms with Crippen molar-refractivity contribution in [2.24, 2.45) is 0 Å². The average Bonchev–Trinajstić information content (AvgIpc) is 3.04. The lowest BCUT2D eigenvalue weighted by Crippen LogP contribution is -2.28. The molecule has 1 aromatic carbocycles. The summed E-state index contributed by atoms with van der Waals surface area (Å²) >= 11 is 0. The Balaban J connectivity index is 1.56. The van der Waals surface area contributed by atoms with Gasteiger partial charge in [0.05, 0.1) is 18.8 Å². The molecule has 0 unspecified atom stereocenters. The van der Waals surface area contributed by atoms with Crippen LogP contribution >= 0.6 is 0 Å². The Bertz CT molecular complexity index is 909. The molecule has 0 radical (unpaired) electrons. The van der Waals surface area contributed by atoms with E-state index in [9.17, 15) is 14.4 Å². The number of carbonyl (C=O) groups excluding carboxylic acids is 2. The second-order valence-electron chi connectivity index (χ2n) is 5.84. The fourth-order valence-electron chi connectivity index (χ4n) is 2.66. The van der Waals surface area contributed by atoms with Crippen LogP contribution in [0.4, 0.5) is 23.1 Å². The van der Waals surface area contributed by atoms with Crippen LogP contribution in [0, 0.1) is 0 Å². The predicted octanol–water partition coefficient (Wildman–Crippen LogP) is 0.747. The number of H-pyrrole nitrogens is 1. The number of amides is 1. The summed E-state index contributed by atoms with van der Waals surface area (Å²) < 4.78 is 4.91. The van der Waals surface area contributed by atoms with E-state index in [1.807, 2.05) is 0 Å². The number of carbonyl (C=O) groups is 2. The van der Waals surface area contributed by atoms with Crippen molar-refractivity contribution < 1.29 is 14.3 Å². The first-order chi connectivity index (χ1) is 13.0. The molecule has 0 atom stereocenters. The normalized spacial score (nSPS) is 12.3. The zero-order valence-corrected chi connectivity index (χ0v) is 14.7. The number of nitrogens with two attached hydrogens (primary N) is 1. The van der Waals surface area contributed by atoms with Gasteiger partial charge in [0.1, 0.15) is 5.69 Å². The quantitative estimate of drug-likeness (QED) is 0.544. The Labute approximate surface area is 154 Å². The van der Waals surface area contributed by atoms with Crippen molar-refractivity contribution in [3.63, 3.8) is 0 Å². The molecule has 27 heavy (non-hydrogen) atoms. The van der Waals surface area contributed by atoms with Crippen molar-refractivity contribution in [1.29, 1.82) is 0 Å². The molecule has 142 valence electrons. The average molecular weight is 372 g/mol. The Hall–Kier alpha value is -3.56. The maximum absolute atomic E-state index is 12.2. The highest BCUT2D eigenvalue weighted by Gasteiger charge is 2.24. The molecule has 1 aliphatic heterocycles. The molecule has 2 aromatic rings. The lowest BCUT2D eigenvalue weighted by molar-refractivity contribution is -0.116. The van der Waals surface area contributed by atoms with Gasteiger partial charge in [-0.05, 0) is 31.2 Å². The number of hydrogen-bond acceptors (Lipinski definition) is 8. The SMILES string of the molecule is CCOC(=O)c1ccc(NC(=O)CCN2CNc3c2nc(N)[nH]c3=O)cc1. The van der Waals surface area contributed by atoms with Gasteiger partial charge in [0.2, 0.25) is 11.9 Å². The van der Waals surface area contributed by atoms with Gasteiger partial charge in [-0.3, -0.25) is 14.6 Å². The topological polar surface area (TPSA) is 142 Å². The second-order valence-corrected chi connectivity index (χ2v) is 5.84. The zero-order valence-electron chi connectivity index (χ0n) is 14.7. The first-order valence-corrected chi connectivity index (χ1v) is 8.43. The standard InChI is InChI=1S/C17H20N6O4/c1-2-27-16(26)10-3-5-11(6-4-10)20-12(24)7-8-23-9-19-13-14(23)21-17(18)22-15(13)25/h3-6,19H,2,7-9H2,1H3,(H,20,24)(H3,18,21,22,25). The van der Waals surface area contributed by atoms with Crippen molar-refractivity contribution in [3.8, 4) is 0 Å². The van der Waals surface area contributed by atoms with Crippen molar-refractivity contribution in [2.45, 2.75) is 13.3 Å². The van der Waals surface area contributed by atoms with Gasteiger partial charge in [-0.15, -0.1) is 0 Å². The van der Waals surface area contributed by atoms with Crippen molar-refractivity contribution in [3.05, 3.63) is 40.2 Å². The summed E-state index contributed by atoms with van der Waals surface area (Å²) in [5.74, 6) is -0.149. The summed E-state index contributed by atoms with van der Waals surface area (Å²) in [5, 5.41) is 5.69. The largest absolute Gasteiger partial charge is 0.462 e. The fourth-order valence-corrected chi connectivity index (χ4v) is 2.66. The van der Waals surface area contributed by atoms with Crippen LogP contribution in [0.1, 0.15) is 23.7 Å². The summed E-state index contributed by atoms with van der Waals surface area (Å²) in [4.78, 5) is 43.9. The number of nitrogens with one attached hydrogen (secondary N) is 3. The Morgan fingerprint density at radius 1 is 1.33 bits per heavy atom. The molecule has 10 heteroatoms. The number of anilines is 4. The number of aromatic amines is 1. The zero-order chi connectivity index (χ0) is 19.4. The van der Waals surface area contributed by atoms with E-state index in [0.717, 1.165) is 0 Å². The van der Waals surface area contributed by atoms with Crippen LogP contribution in [0.15, 0.2) is 29.1 Å². The molecular weight excluding hydrogens is 352 g/mol. The molecule has 0 saturated carbocycles. The summed E-state index contributed by atoms with van der Waals surface area (Å²) in [6.45, 7) is 2.78. The van der Waals surface area contributed by atoms with Gasteiger partial charge in [0.15, 0.2) is 5.82 Å². The van der Waals surface area contributed by atoms with E-state index < -0.39 is 5.97 Å². The molecule has 0 fully saturated rings. The molecule has 1 aromatic heterocycles. The summed E-state index contributed by atoms with van der Waals surface area (Å²) in [6.07, 6.45) is 0.190. The highest BCUT2D eigenvalue weighted by atomic mass is 16.5. The molecule has 10 nitrogen and oxygen atoms in total. The van der Waals surface area contributed by atoms with Crippen LogP contribution in [0.2, 0.25) is 0 Å². The minimum atomic E-state index is -0.405. The number of nitrogen functional groups attached to an aromatic ring is 1. The predicted molar refractivity (Wildman–Crippen MR) is 101 cm³/mol. The lowest BCUT2D eigenvalue weighted by Gasteiger charge is -2.16. The number of nitrogens with zero attached hydrogens (tertiary/aromatic N) is 2. The van der Waals surface area contributed by atoms with Crippen LogP contribution in [0.25, 0.3) is 0 Å². The van der Waals surface area contributed by atoms with Gasteiger partial charge < -0.3 is 26.0 Å². The minimum absolute atomic E-state index is 0.0265. The van der Waals surface area contributed by atoms with Gasteiger partial charge in [-0.2, -0.15) is 4.98 Å². The summed E-state index contributed by atoms with van der Waals surface area (Å²) in [7, 11) is 0. The molecule has 5 N–H and O–H groups in total. The summed E-state index contributed by atoms with van der Waals surface area (Å²) in [6, 6.07) is 6.46. The van der Waals surface area contributed by atoms with E-state index in [-0.39, 0.29) is 23.8 Å². The third kappa shape index (κ3) is 4.17. The number of esters is 1. The second kappa shape index (κ2) is 7.77. The maximum Gasteiger partial charge on any atom is 0.338 e. The van der Waals surface area contributed by atoms with Gasteiger partial charge >= 0.3 is 5.97 Å². The smallest absolute Gasteiger partial charge is 0.338 e. The lowest BCUT2D eigenvalue weighted by atomic mass is 10.2. The first-order valence-electron chi connectivity index (χ1n) is 8.43. The summed E-state index contributed by atoms with van der Waals surface area (Å²) in [5.41, 5.74) is 6.57. The number of ether oxygens (including phenoxy) is 1. The van der Waals surface area contributed by atoms with E-state index >= 15 is 0 Å². The van der Waals surface area contributed by atoms with E-state index in [1.165, 1.54) is 0 Å². The van der Waals surface area contributed by atoms with E-state index in [1.54, 1.807) is 36.1 Å². The molecular formula is C17H20N6O4. The molecule has 2 heterocycles. The van der Waals surface area contributed by atoms with Gasteiger partial charge in [0.25, 0.3) is 5.56 Å². The number of rotatable bonds is 6. The molecule has 0 bridgehead atoms. The number of hydrogen-bond donors (Lipinski definition) is 4. The van der Waals surface area contributed by atoms with Crippen molar-refractivity contribution >= 4 is 35.0 Å². The van der Waals surface area contributed by atoms with Gasteiger partial charge in [0, 0.05) is 18.7 Å². The Kier molecular flexibility index (Phi) is 5.25. The molecule has 0 saturated heterocycles. The van der Waals surface area contributed by atoms with Crippen LogP contribution in [0.5, 0.6) is 0 Å². The fraction of sp³-hybridized carbons (Fsp3) is 0.294. The number of aromatic nitrogens is 2. The maximum atomic E-state index is 12.2. The first kappa shape index (κ1) is 18.2. The monoisotopic (exact) mass is 372 g/mol. The highest BCUT2D eigenvalue weighted by Crippen LogP contribution is 2.25. The molecule has 1 amide bonds. The van der Waals surface area contributed by atoms with Crippen LogP contribution < -0.4 is 26.8 Å². The molecule has 0 spiro atoms. The van der Waals surface area contributed by atoms with E-state index in [0.29, 0.717) is 42.6 Å². The van der Waals surface area contributed by atoms with Gasteiger partial charge in [-0.25, -0.2) is 4.79 Å². The Morgan fingerprint density at radius 3 is 2.78 bits per heavy atom. The third-order valence-corrected chi connectivity index (χ3v) is 3.95. The number of benzene rings is 1. The van der Waals surface area contributed by atoms with Crippen molar-refractivity contribution in [2.75, 3.05) is 41.1 Å². The molecule has 3 rings (SSSR count). The van der Waals surface area contributed by atoms with Crippen LogP contribution in [-0.4, -0.2) is 41.7 Å². The highest BCUT2D eigenvalue weighted by molar-refractivity contribution is 5.93. The minimum Gasteiger partial charge on any atom is -0.462 e. The molecule has 0 aliphatic carbocycles. The van der Waals surface area contributed by atoms with Crippen LogP contribution in [0.3, 0.4) is 0 Å².